The maximum Gasteiger partial charge on any atom is 0.318 e. The maximum atomic E-state index is 11.3. The van der Waals surface area contributed by atoms with Gasteiger partial charge in [-0.15, -0.1) is 0 Å². The lowest BCUT2D eigenvalue weighted by Gasteiger charge is -2.14. The maximum absolute atomic E-state index is 11.3. The number of carbonyl (C=O) groups excluding carboxylic acids is 2. The molecule has 1 atom stereocenters. The van der Waals surface area contributed by atoms with Crippen LogP contribution in [0.1, 0.15) is 6.92 Å². The van der Waals surface area contributed by atoms with Gasteiger partial charge in [0.25, 0.3) is 5.91 Å². The molecule has 0 saturated heterocycles. The molecular formula is C10H11BrN2O3. The number of benzene rings is 1. The number of nitrogens with one attached hydrogen (secondary N) is 1. The summed E-state index contributed by atoms with van der Waals surface area (Å²) in [6.45, 7) is 1.53. The number of halogens is 1. The van der Waals surface area contributed by atoms with Gasteiger partial charge < -0.3 is 10.5 Å². The van der Waals surface area contributed by atoms with Crippen LogP contribution in [0.3, 0.4) is 0 Å². The molecule has 1 aromatic rings. The Morgan fingerprint density at radius 1 is 1.44 bits per heavy atom. The number of urea groups is 1. The van der Waals surface area contributed by atoms with E-state index in [-0.39, 0.29) is 0 Å². The van der Waals surface area contributed by atoms with E-state index >= 15 is 0 Å². The Bertz CT molecular complexity index is 409. The van der Waals surface area contributed by atoms with Crippen molar-refractivity contribution in [2.75, 3.05) is 0 Å². The molecule has 0 aliphatic heterocycles. The van der Waals surface area contributed by atoms with E-state index in [9.17, 15) is 9.59 Å². The van der Waals surface area contributed by atoms with E-state index in [1.165, 1.54) is 6.92 Å². The van der Waals surface area contributed by atoms with Crippen LogP contribution in [-0.2, 0) is 4.79 Å². The number of amides is 3. The summed E-state index contributed by atoms with van der Waals surface area (Å²) < 4.78 is 6.07. The largest absolute Gasteiger partial charge is 0.480 e. The number of rotatable bonds is 3. The van der Waals surface area contributed by atoms with Gasteiger partial charge in [-0.05, 0) is 35.0 Å². The van der Waals surface area contributed by atoms with E-state index in [1.54, 1.807) is 18.2 Å². The second kappa shape index (κ2) is 5.50. The molecule has 0 unspecified atom stereocenters. The number of hydrogen-bond acceptors (Lipinski definition) is 3. The highest BCUT2D eigenvalue weighted by atomic mass is 79.9. The van der Waals surface area contributed by atoms with Crippen LogP contribution in [0.15, 0.2) is 28.7 Å². The Morgan fingerprint density at radius 3 is 2.62 bits per heavy atom. The molecule has 5 nitrogen and oxygen atoms in total. The number of imide groups is 1. The molecule has 0 aromatic heterocycles. The molecular weight excluding hydrogens is 276 g/mol. The monoisotopic (exact) mass is 286 g/mol. The van der Waals surface area contributed by atoms with Crippen molar-refractivity contribution in [3.63, 3.8) is 0 Å². The van der Waals surface area contributed by atoms with Gasteiger partial charge >= 0.3 is 6.03 Å². The zero-order valence-electron chi connectivity index (χ0n) is 8.57. The number of nitrogens with two attached hydrogens (primary N) is 1. The predicted molar refractivity (Wildman–Crippen MR) is 62.0 cm³/mol. The first kappa shape index (κ1) is 12.5. The normalized spacial score (nSPS) is 11.6. The Kier molecular flexibility index (Phi) is 4.30. The Balaban J connectivity index is 2.64. The summed E-state index contributed by atoms with van der Waals surface area (Å²) in [7, 11) is 0. The van der Waals surface area contributed by atoms with E-state index in [2.05, 4.69) is 15.9 Å². The van der Waals surface area contributed by atoms with E-state index in [1.807, 2.05) is 11.4 Å². The summed E-state index contributed by atoms with van der Waals surface area (Å²) in [4.78, 5) is 21.8. The lowest BCUT2D eigenvalue weighted by molar-refractivity contribution is -0.126. The quantitative estimate of drug-likeness (QED) is 0.882. The van der Waals surface area contributed by atoms with Gasteiger partial charge in [0.1, 0.15) is 5.75 Å². The average molecular weight is 287 g/mol. The second-order valence-corrected chi connectivity index (χ2v) is 3.90. The van der Waals surface area contributed by atoms with Crippen LogP contribution in [-0.4, -0.2) is 18.0 Å². The highest BCUT2D eigenvalue weighted by Crippen LogP contribution is 2.24. The molecule has 0 radical (unpaired) electrons. The molecule has 0 heterocycles. The fourth-order valence-electron chi connectivity index (χ4n) is 1.01. The zero-order valence-corrected chi connectivity index (χ0v) is 10.2. The minimum absolute atomic E-state index is 0.523. The molecule has 0 aliphatic carbocycles. The smallest absolute Gasteiger partial charge is 0.318 e. The van der Waals surface area contributed by atoms with Gasteiger partial charge in [0.05, 0.1) is 4.47 Å². The van der Waals surface area contributed by atoms with Gasteiger partial charge in [-0.1, -0.05) is 12.1 Å². The van der Waals surface area contributed by atoms with E-state index in [0.717, 1.165) is 4.47 Å². The Labute approximate surface area is 101 Å². The van der Waals surface area contributed by atoms with Crippen molar-refractivity contribution in [3.05, 3.63) is 28.7 Å². The van der Waals surface area contributed by atoms with Gasteiger partial charge in [0, 0.05) is 0 Å². The third kappa shape index (κ3) is 3.54. The third-order valence-corrected chi connectivity index (χ3v) is 2.41. The van der Waals surface area contributed by atoms with Crippen LogP contribution >= 0.6 is 15.9 Å². The molecule has 1 rings (SSSR count). The summed E-state index contributed by atoms with van der Waals surface area (Å²) in [6, 6.07) is 6.20. The minimum atomic E-state index is -0.896. The molecule has 6 heteroatoms. The van der Waals surface area contributed by atoms with Gasteiger partial charge in [-0.2, -0.15) is 0 Å². The summed E-state index contributed by atoms with van der Waals surface area (Å²) in [6.07, 6.45) is -0.800. The summed E-state index contributed by atoms with van der Waals surface area (Å²) in [5.74, 6) is -0.0575. The van der Waals surface area contributed by atoms with Crippen molar-refractivity contribution in [1.82, 2.24) is 5.32 Å². The van der Waals surface area contributed by atoms with Crippen molar-refractivity contribution in [1.29, 1.82) is 0 Å². The molecule has 0 aliphatic rings. The summed E-state index contributed by atoms with van der Waals surface area (Å²) in [5, 5.41) is 1.94. The molecule has 0 spiro atoms. The highest BCUT2D eigenvalue weighted by Gasteiger charge is 2.16. The molecule has 3 N–H and O–H groups in total. The summed E-state index contributed by atoms with van der Waals surface area (Å²) in [5.41, 5.74) is 4.82. The third-order valence-electron chi connectivity index (χ3n) is 1.76. The Hall–Kier alpha value is -1.56. The number of primary amides is 1. The van der Waals surface area contributed by atoms with Crippen LogP contribution < -0.4 is 15.8 Å². The van der Waals surface area contributed by atoms with Crippen LogP contribution in [0.5, 0.6) is 5.75 Å². The van der Waals surface area contributed by atoms with Crippen molar-refractivity contribution < 1.29 is 14.3 Å². The van der Waals surface area contributed by atoms with Crippen molar-refractivity contribution in [2.45, 2.75) is 13.0 Å². The van der Waals surface area contributed by atoms with Crippen molar-refractivity contribution in [3.8, 4) is 5.75 Å². The number of carbonyl (C=O) groups is 2. The minimum Gasteiger partial charge on any atom is -0.480 e. The topological polar surface area (TPSA) is 81.4 Å². The molecule has 86 valence electrons. The van der Waals surface area contributed by atoms with E-state index in [0.29, 0.717) is 5.75 Å². The zero-order chi connectivity index (χ0) is 12.1. The van der Waals surface area contributed by atoms with Crippen LogP contribution in [0.4, 0.5) is 4.79 Å². The van der Waals surface area contributed by atoms with E-state index in [4.69, 9.17) is 10.5 Å². The molecule has 0 bridgehead atoms. The lowest BCUT2D eigenvalue weighted by atomic mass is 10.3. The van der Waals surface area contributed by atoms with Crippen molar-refractivity contribution in [2.24, 2.45) is 5.73 Å². The summed E-state index contributed by atoms with van der Waals surface area (Å²) >= 11 is 3.28. The fourth-order valence-corrected chi connectivity index (χ4v) is 1.39. The SMILES string of the molecule is C[C@H](Oc1ccccc1Br)C(=O)NC(N)=O. The van der Waals surface area contributed by atoms with Gasteiger partial charge in [0.2, 0.25) is 0 Å². The molecule has 1 aromatic carbocycles. The van der Waals surface area contributed by atoms with Crippen molar-refractivity contribution >= 4 is 27.9 Å². The standard InChI is InChI=1S/C10H11BrN2O3/c1-6(9(14)13-10(12)15)16-8-5-3-2-4-7(8)11/h2-6H,1H3,(H3,12,13,14,15)/t6-/m0/s1. The van der Waals surface area contributed by atoms with Gasteiger partial charge in [-0.3, -0.25) is 10.1 Å². The van der Waals surface area contributed by atoms with Gasteiger partial charge in [-0.25, -0.2) is 4.79 Å². The predicted octanol–water partition coefficient (Wildman–Crippen LogP) is 1.41. The number of hydrogen-bond donors (Lipinski definition) is 2. The fraction of sp³-hybridized carbons (Fsp3) is 0.200. The van der Waals surface area contributed by atoms with Crippen LogP contribution in [0.25, 0.3) is 0 Å². The number of ether oxygens (including phenoxy) is 1. The molecule has 0 fully saturated rings. The van der Waals surface area contributed by atoms with E-state index < -0.39 is 18.0 Å². The van der Waals surface area contributed by atoms with Crippen LogP contribution in [0, 0.1) is 0 Å². The van der Waals surface area contributed by atoms with Gasteiger partial charge in [0.15, 0.2) is 6.10 Å². The highest BCUT2D eigenvalue weighted by molar-refractivity contribution is 9.10. The first-order valence-electron chi connectivity index (χ1n) is 4.52. The van der Waals surface area contributed by atoms with Crippen LogP contribution in [0.2, 0.25) is 0 Å². The molecule has 16 heavy (non-hydrogen) atoms. The first-order valence-corrected chi connectivity index (χ1v) is 5.31. The second-order valence-electron chi connectivity index (χ2n) is 3.04. The Morgan fingerprint density at radius 2 is 2.06 bits per heavy atom. The lowest BCUT2D eigenvalue weighted by Crippen LogP contribution is -2.42. The average Bonchev–Trinajstić information content (AvgIpc) is 2.20. The first-order chi connectivity index (χ1) is 7.50. The molecule has 0 saturated carbocycles. The number of para-hydroxylation sites is 1. The molecule has 3 amide bonds.